The minimum absolute atomic E-state index is 0.486. The lowest BCUT2D eigenvalue weighted by molar-refractivity contribution is 0.392. The molecule has 2 aromatic rings. The smallest absolute Gasteiger partial charge is 0.138 e. The van der Waals surface area contributed by atoms with Gasteiger partial charge >= 0.3 is 0 Å². The van der Waals surface area contributed by atoms with Crippen LogP contribution >= 0.6 is 23.5 Å². The molecule has 0 spiro atoms. The van der Waals surface area contributed by atoms with E-state index < -0.39 is 0 Å². The third-order valence-corrected chi connectivity index (χ3v) is 5.55. The van der Waals surface area contributed by atoms with E-state index in [1.54, 1.807) is 11.8 Å². The second-order valence-corrected chi connectivity index (χ2v) is 6.51. The summed E-state index contributed by atoms with van der Waals surface area (Å²) in [6.07, 6.45) is 0. The highest BCUT2D eigenvalue weighted by molar-refractivity contribution is 7.99. The van der Waals surface area contributed by atoms with Crippen molar-refractivity contribution in [1.29, 1.82) is 0 Å². The van der Waals surface area contributed by atoms with Crippen LogP contribution in [0.3, 0.4) is 0 Å². The summed E-state index contributed by atoms with van der Waals surface area (Å²) in [5.74, 6) is 3.49. The summed E-state index contributed by atoms with van der Waals surface area (Å²) in [5, 5.41) is 0. The molecule has 2 aromatic carbocycles. The minimum atomic E-state index is 0.486. The van der Waals surface area contributed by atoms with Crippen LogP contribution in [0.15, 0.2) is 52.3 Å². The zero-order valence-electron chi connectivity index (χ0n) is 9.76. The Morgan fingerprint density at radius 2 is 1.72 bits per heavy atom. The van der Waals surface area contributed by atoms with Crippen molar-refractivity contribution in [3.63, 3.8) is 0 Å². The molecule has 0 saturated heterocycles. The lowest BCUT2D eigenvalue weighted by Gasteiger charge is -2.14. The maximum Gasteiger partial charge on any atom is 0.138 e. The Kier molecular flexibility index (Phi) is 2.55. The Balaban J connectivity index is 1.84. The predicted octanol–water partition coefficient (Wildman–Crippen LogP) is 4.37. The molecule has 2 aliphatic heterocycles. The number of hydrogen-bond acceptors (Lipinski definition) is 3. The molecule has 0 aliphatic carbocycles. The molecule has 1 unspecified atom stereocenters. The Bertz CT molecular complexity index is 609. The molecule has 0 radical (unpaired) electrons. The fraction of sp³-hybridized carbons (Fsp3) is 0.200. The summed E-state index contributed by atoms with van der Waals surface area (Å²) in [7, 11) is 0. The van der Waals surface area contributed by atoms with Crippen molar-refractivity contribution in [3.8, 4) is 5.75 Å². The highest BCUT2D eigenvalue weighted by Crippen LogP contribution is 2.49. The molecule has 0 N–H and O–H groups in total. The van der Waals surface area contributed by atoms with Gasteiger partial charge in [0.15, 0.2) is 0 Å². The van der Waals surface area contributed by atoms with E-state index in [9.17, 15) is 0 Å². The molecule has 18 heavy (non-hydrogen) atoms. The maximum absolute atomic E-state index is 5.81. The predicted molar refractivity (Wildman–Crippen MR) is 76.8 cm³/mol. The molecule has 0 fully saturated rings. The van der Waals surface area contributed by atoms with Gasteiger partial charge in [-0.05, 0) is 17.7 Å². The van der Waals surface area contributed by atoms with Crippen LogP contribution < -0.4 is 4.74 Å². The monoisotopic (exact) mass is 272 g/mol. The van der Waals surface area contributed by atoms with Gasteiger partial charge in [0.05, 0.1) is 4.90 Å². The third kappa shape index (κ3) is 1.57. The topological polar surface area (TPSA) is 9.23 Å². The van der Waals surface area contributed by atoms with Crippen LogP contribution in [0, 0.1) is 0 Å². The maximum atomic E-state index is 5.81. The van der Waals surface area contributed by atoms with Crippen molar-refractivity contribution in [2.75, 3.05) is 11.7 Å². The van der Waals surface area contributed by atoms with E-state index in [1.807, 2.05) is 11.8 Å². The summed E-state index contributed by atoms with van der Waals surface area (Å²) in [5.41, 5.74) is 2.81. The first-order chi connectivity index (χ1) is 8.93. The SMILES string of the molecule is c1ccc2c(c1)SCC2c1cccc2c1OCS2. The van der Waals surface area contributed by atoms with Crippen molar-refractivity contribution < 1.29 is 4.74 Å². The van der Waals surface area contributed by atoms with E-state index in [-0.39, 0.29) is 0 Å². The quantitative estimate of drug-likeness (QED) is 0.763. The largest absolute Gasteiger partial charge is 0.481 e. The van der Waals surface area contributed by atoms with Crippen molar-refractivity contribution >= 4 is 23.5 Å². The molecule has 3 heteroatoms. The van der Waals surface area contributed by atoms with Crippen LogP contribution in [0.5, 0.6) is 5.75 Å². The van der Waals surface area contributed by atoms with Crippen molar-refractivity contribution in [2.45, 2.75) is 15.7 Å². The van der Waals surface area contributed by atoms with Gasteiger partial charge < -0.3 is 4.74 Å². The first-order valence-corrected chi connectivity index (χ1v) is 8.01. The van der Waals surface area contributed by atoms with Crippen molar-refractivity contribution in [3.05, 3.63) is 53.6 Å². The minimum Gasteiger partial charge on any atom is -0.481 e. The van der Waals surface area contributed by atoms with Gasteiger partial charge in [0, 0.05) is 22.1 Å². The van der Waals surface area contributed by atoms with Crippen LogP contribution in [-0.2, 0) is 0 Å². The number of rotatable bonds is 1. The highest BCUT2D eigenvalue weighted by Gasteiger charge is 2.29. The lowest BCUT2D eigenvalue weighted by atomic mass is 9.92. The van der Waals surface area contributed by atoms with Crippen molar-refractivity contribution in [1.82, 2.24) is 0 Å². The van der Waals surface area contributed by atoms with Gasteiger partial charge in [-0.15, -0.1) is 11.8 Å². The standard InChI is InChI=1S/C15H12OS2/c1-2-6-13-10(4-1)12(8-17-13)11-5-3-7-14-15(11)16-9-18-14/h1-7,12H,8-9H2. The van der Waals surface area contributed by atoms with Crippen LogP contribution in [0.4, 0.5) is 0 Å². The summed E-state index contributed by atoms with van der Waals surface area (Å²) in [6.45, 7) is 0. The van der Waals surface area contributed by atoms with E-state index in [1.165, 1.54) is 20.9 Å². The van der Waals surface area contributed by atoms with Gasteiger partial charge in [0.2, 0.25) is 0 Å². The Morgan fingerprint density at radius 3 is 2.72 bits per heavy atom. The summed E-state index contributed by atoms with van der Waals surface area (Å²) >= 11 is 3.75. The highest BCUT2D eigenvalue weighted by atomic mass is 32.2. The van der Waals surface area contributed by atoms with E-state index in [0.717, 1.165) is 17.4 Å². The van der Waals surface area contributed by atoms with Crippen LogP contribution in [0.25, 0.3) is 0 Å². The zero-order valence-corrected chi connectivity index (χ0v) is 11.4. The number of benzene rings is 2. The average molecular weight is 272 g/mol. The van der Waals surface area contributed by atoms with Gasteiger partial charge in [0.1, 0.15) is 11.7 Å². The van der Waals surface area contributed by atoms with Gasteiger partial charge in [-0.1, -0.05) is 42.1 Å². The second kappa shape index (κ2) is 4.25. The lowest BCUT2D eigenvalue weighted by Crippen LogP contribution is -2.01. The van der Waals surface area contributed by atoms with Crippen LogP contribution in [-0.4, -0.2) is 11.7 Å². The molecular formula is C15H12OS2. The average Bonchev–Trinajstić information content (AvgIpc) is 3.05. The van der Waals surface area contributed by atoms with Crippen LogP contribution in [0.1, 0.15) is 17.0 Å². The first kappa shape index (κ1) is 10.8. The molecule has 0 bridgehead atoms. The molecular weight excluding hydrogens is 260 g/mol. The van der Waals surface area contributed by atoms with E-state index in [4.69, 9.17) is 4.74 Å². The molecule has 0 aromatic heterocycles. The second-order valence-electron chi connectivity index (χ2n) is 4.48. The molecule has 90 valence electrons. The molecule has 1 atom stereocenters. The molecule has 4 rings (SSSR count). The number of hydrogen-bond donors (Lipinski definition) is 0. The number of fused-ring (bicyclic) bond motifs is 2. The van der Waals surface area contributed by atoms with E-state index in [2.05, 4.69) is 42.5 Å². The fourth-order valence-corrected chi connectivity index (χ4v) is 4.69. The van der Waals surface area contributed by atoms with Gasteiger partial charge in [-0.2, -0.15) is 0 Å². The number of para-hydroxylation sites is 1. The number of thioether (sulfide) groups is 2. The van der Waals surface area contributed by atoms with Gasteiger partial charge in [0.25, 0.3) is 0 Å². The Labute approximate surface area is 115 Å². The van der Waals surface area contributed by atoms with E-state index in [0.29, 0.717) is 5.92 Å². The molecule has 2 aliphatic rings. The Hall–Kier alpha value is -1.06. The normalized spacial score (nSPS) is 20.3. The third-order valence-electron chi connectivity index (χ3n) is 3.50. The van der Waals surface area contributed by atoms with Crippen molar-refractivity contribution in [2.24, 2.45) is 0 Å². The summed E-state index contributed by atoms with van der Waals surface area (Å²) < 4.78 is 5.81. The van der Waals surface area contributed by atoms with Gasteiger partial charge in [-0.25, -0.2) is 0 Å². The molecule has 1 nitrogen and oxygen atoms in total. The molecule has 2 heterocycles. The Morgan fingerprint density at radius 1 is 0.889 bits per heavy atom. The molecule has 0 saturated carbocycles. The first-order valence-electron chi connectivity index (χ1n) is 6.04. The van der Waals surface area contributed by atoms with Gasteiger partial charge in [-0.3, -0.25) is 0 Å². The van der Waals surface area contributed by atoms with Crippen LogP contribution in [0.2, 0.25) is 0 Å². The number of ether oxygens (including phenoxy) is 1. The molecule has 0 amide bonds. The fourth-order valence-electron chi connectivity index (χ4n) is 2.65. The summed E-state index contributed by atoms with van der Waals surface area (Å²) in [6, 6.07) is 15.3. The summed E-state index contributed by atoms with van der Waals surface area (Å²) in [4.78, 5) is 2.72. The van der Waals surface area contributed by atoms with E-state index >= 15 is 0 Å². The zero-order chi connectivity index (χ0) is 11.9.